The van der Waals surface area contributed by atoms with E-state index in [2.05, 4.69) is 19.2 Å². The van der Waals surface area contributed by atoms with E-state index in [0.29, 0.717) is 0 Å². The number of fused-ring (bicyclic) bond motifs is 3. The molecule has 2 heterocycles. The van der Waals surface area contributed by atoms with Crippen molar-refractivity contribution >= 4 is 0 Å². The number of hydrogen-bond acceptors (Lipinski definition) is 1. The number of rotatable bonds is 1. The summed E-state index contributed by atoms with van der Waals surface area (Å²) in [6, 6.07) is 0.868. The maximum Gasteiger partial charge on any atom is 0.00701 e. The van der Waals surface area contributed by atoms with Crippen LogP contribution in [0.4, 0.5) is 0 Å². The van der Waals surface area contributed by atoms with Gasteiger partial charge in [0.2, 0.25) is 0 Å². The summed E-state index contributed by atoms with van der Waals surface area (Å²) in [5, 5.41) is 3.60. The van der Waals surface area contributed by atoms with Crippen molar-refractivity contribution < 1.29 is 0 Å². The fraction of sp³-hybridized carbons (Fsp3) is 1.00. The minimum Gasteiger partial charge on any atom is -0.314 e. The Labute approximate surface area is 69.6 Å². The second-order valence-corrected chi connectivity index (χ2v) is 4.59. The van der Waals surface area contributed by atoms with Gasteiger partial charge in [-0.15, -0.1) is 0 Å². The average molecular weight is 153 g/mol. The van der Waals surface area contributed by atoms with Crippen molar-refractivity contribution in [3.63, 3.8) is 0 Å². The van der Waals surface area contributed by atoms with Crippen molar-refractivity contribution in [2.45, 2.75) is 39.2 Å². The van der Waals surface area contributed by atoms with Gasteiger partial charge in [0.05, 0.1) is 0 Å². The summed E-state index contributed by atoms with van der Waals surface area (Å²) in [5.41, 5.74) is 0. The van der Waals surface area contributed by atoms with Crippen LogP contribution in [0, 0.1) is 17.8 Å². The van der Waals surface area contributed by atoms with E-state index in [1.54, 1.807) is 0 Å². The zero-order valence-electron chi connectivity index (χ0n) is 7.64. The molecule has 1 nitrogen and oxygen atoms in total. The summed E-state index contributed by atoms with van der Waals surface area (Å²) in [7, 11) is 0. The summed E-state index contributed by atoms with van der Waals surface area (Å²) in [5.74, 6) is 2.93. The third-order valence-corrected chi connectivity index (χ3v) is 3.57. The molecule has 3 fully saturated rings. The highest BCUT2D eigenvalue weighted by molar-refractivity contribution is 4.91. The summed E-state index contributed by atoms with van der Waals surface area (Å²) in [6.07, 6.45) is 4.37. The van der Waals surface area contributed by atoms with Crippen LogP contribution in [0.3, 0.4) is 0 Å². The summed E-state index contributed by atoms with van der Waals surface area (Å²) >= 11 is 0. The van der Waals surface area contributed by atoms with Crippen LogP contribution in [-0.2, 0) is 0 Å². The summed E-state index contributed by atoms with van der Waals surface area (Å²) in [6.45, 7) is 6.06. The summed E-state index contributed by atoms with van der Waals surface area (Å²) < 4.78 is 0. The van der Waals surface area contributed by atoms with Crippen LogP contribution in [0.1, 0.15) is 33.1 Å². The van der Waals surface area contributed by atoms with E-state index >= 15 is 0 Å². The molecule has 64 valence electrons. The lowest BCUT2D eigenvalue weighted by atomic mass is 9.69. The molecule has 3 atom stereocenters. The molecule has 1 heteroatoms. The lowest BCUT2D eigenvalue weighted by molar-refractivity contribution is 0.0969. The third kappa shape index (κ3) is 1.31. The van der Waals surface area contributed by atoms with E-state index in [1.807, 2.05) is 0 Å². The van der Waals surface area contributed by atoms with Crippen molar-refractivity contribution in [2.24, 2.45) is 17.8 Å². The molecule has 0 aromatic rings. The van der Waals surface area contributed by atoms with Gasteiger partial charge in [0, 0.05) is 6.04 Å². The van der Waals surface area contributed by atoms with Gasteiger partial charge in [0.1, 0.15) is 0 Å². The molecular formula is C10H19N. The van der Waals surface area contributed by atoms with E-state index in [0.717, 1.165) is 23.8 Å². The highest BCUT2D eigenvalue weighted by atomic mass is 14.9. The minimum absolute atomic E-state index is 0.868. The Morgan fingerprint density at radius 3 is 2.36 bits per heavy atom. The first-order chi connectivity index (χ1) is 5.27. The van der Waals surface area contributed by atoms with Crippen LogP contribution in [0.25, 0.3) is 0 Å². The topological polar surface area (TPSA) is 12.0 Å². The second kappa shape index (κ2) is 2.78. The Kier molecular flexibility index (Phi) is 1.92. The standard InChI is InChI=1S/C10H19N/c1-7(2)10-5-9-4-3-8(10)6-11-9/h7-11H,3-6H2,1-2H3/t8-,9-,10?/m1/s1. The van der Waals surface area contributed by atoms with Gasteiger partial charge in [-0.05, 0) is 43.6 Å². The Bertz CT molecular complexity index is 134. The van der Waals surface area contributed by atoms with E-state index in [-0.39, 0.29) is 0 Å². The Morgan fingerprint density at radius 2 is 2.09 bits per heavy atom. The van der Waals surface area contributed by atoms with Crippen LogP contribution < -0.4 is 5.32 Å². The molecule has 0 aromatic carbocycles. The van der Waals surface area contributed by atoms with Gasteiger partial charge < -0.3 is 5.32 Å². The van der Waals surface area contributed by atoms with Gasteiger partial charge in [-0.25, -0.2) is 0 Å². The highest BCUT2D eigenvalue weighted by Crippen LogP contribution is 2.38. The number of piperidine rings is 2. The van der Waals surface area contributed by atoms with E-state index in [9.17, 15) is 0 Å². The Balaban J connectivity index is 2.03. The molecular weight excluding hydrogens is 134 g/mol. The fourth-order valence-corrected chi connectivity index (χ4v) is 2.84. The predicted octanol–water partition coefficient (Wildman–Crippen LogP) is 2.03. The average Bonchev–Trinajstić information content (AvgIpc) is 2.06. The molecule has 3 aliphatic rings. The zero-order chi connectivity index (χ0) is 7.84. The monoisotopic (exact) mass is 153 g/mol. The van der Waals surface area contributed by atoms with Crippen LogP contribution >= 0.6 is 0 Å². The fourth-order valence-electron chi connectivity index (χ4n) is 2.84. The molecule has 2 aliphatic heterocycles. The Hall–Kier alpha value is -0.0400. The van der Waals surface area contributed by atoms with Crippen molar-refractivity contribution in [3.8, 4) is 0 Å². The van der Waals surface area contributed by atoms with Crippen molar-refractivity contribution in [1.29, 1.82) is 0 Å². The third-order valence-electron chi connectivity index (χ3n) is 3.57. The van der Waals surface area contributed by atoms with Crippen LogP contribution in [0.15, 0.2) is 0 Å². The maximum absolute atomic E-state index is 3.60. The van der Waals surface area contributed by atoms with Crippen LogP contribution in [-0.4, -0.2) is 12.6 Å². The van der Waals surface area contributed by atoms with Gasteiger partial charge in [-0.3, -0.25) is 0 Å². The van der Waals surface area contributed by atoms with Gasteiger partial charge >= 0.3 is 0 Å². The zero-order valence-corrected chi connectivity index (χ0v) is 7.64. The van der Waals surface area contributed by atoms with Crippen molar-refractivity contribution in [2.75, 3.05) is 6.54 Å². The Morgan fingerprint density at radius 1 is 1.27 bits per heavy atom. The first-order valence-corrected chi connectivity index (χ1v) is 5.00. The normalized spacial score (nSPS) is 43.4. The van der Waals surface area contributed by atoms with Gasteiger partial charge in [-0.1, -0.05) is 13.8 Å². The molecule has 1 unspecified atom stereocenters. The first-order valence-electron chi connectivity index (χ1n) is 5.00. The number of nitrogens with one attached hydrogen (secondary N) is 1. The minimum atomic E-state index is 0.868. The molecule has 2 bridgehead atoms. The maximum atomic E-state index is 3.60. The molecule has 2 saturated heterocycles. The van der Waals surface area contributed by atoms with E-state index in [4.69, 9.17) is 0 Å². The highest BCUT2D eigenvalue weighted by Gasteiger charge is 2.36. The lowest BCUT2D eigenvalue weighted by Crippen LogP contribution is -2.50. The van der Waals surface area contributed by atoms with E-state index < -0.39 is 0 Å². The van der Waals surface area contributed by atoms with E-state index in [1.165, 1.54) is 25.8 Å². The van der Waals surface area contributed by atoms with Crippen molar-refractivity contribution in [3.05, 3.63) is 0 Å². The van der Waals surface area contributed by atoms with Gasteiger partial charge in [0.15, 0.2) is 0 Å². The van der Waals surface area contributed by atoms with Crippen molar-refractivity contribution in [1.82, 2.24) is 5.32 Å². The molecule has 1 aliphatic carbocycles. The molecule has 0 amide bonds. The molecule has 0 spiro atoms. The molecule has 0 radical (unpaired) electrons. The smallest absolute Gasteiger partial charge is 0.00701 e. The second-order valence-electron chi connectivity index (χ2n) is 4.59. The largest absolute Gasteiger partial charge is 0.314 e. The first kappa shape index (κ1) is 7.60. The van der Waals surface area contributed by atoms with Gasteiger partial charge in [0.25, 0.3) is 0 Å². The molecule has 1 N–H and O–H groups in total. The summed E-state index contributed by atoms with van der Waals surface area (Å²) in [4.78, 5) is 0. The molecule has 1 saturated carbocycles. The molecule has 3 rings (SSSR count). The van der Waals surface area contributed by atoms with Crippen LogP contribution in [0.2, 0.25) is 0 Å². The van der Waals surface area contributed by atoms with Crippen LogP contribution in [0.5, 0.6) is 0 Å². The quantitative estimate of drug-likeness (QED) is 0.608. The molecule has 11 heavy (non-hydrogen) atoms. The van der Waals surface area contributed by atoms with Gasteiger partial charge in [-0.2, -0.15) is 0 Å². The predicted molar refractivity (Wildman–Crippen MR) is 47.5 cm³/mol. The molecule has 0 aromatic heterocycles. The number of hydrogen-bond donors (Lipinski definition) is 1. The SMILES string of the molecule is CC(C)C1C[C@H]2CC[C@@H]1CN2. The lowest BCUT2D eigenvalue weighted by Gasteiger charge is -2.45.